The smallest absolute Gasteiger partial charge is 0.337 e. The molecule has 92 valence electrons. The van der Waals surface area contributed by atoms with E-state index < -0.39 is 11.8 Å². The summed E-state index contributed by atoms with van der Waals surface area (Å²) in [6, 6.07) is 3.94. The number of nitrogens with one attached hydrogen (secondary N) is 1. The van der Waals surface area contributed by atoms with E-state index in [1.807, 2.05) is 0 Å². The van der Waals surface area contributed by atoms with Crippen molar-refractivity contribution >= 4 is 11.7 Å². The van der Waals surface area contributed by atoms with Gasteiger partial charge in [0.1, 0.15) is 5.82 Å². The van der Waals surface area contributed by atoms with Crippen molar-refractivity contribution < 1.29 is 19.0 Å². The lowest BCUT2D eigenvalue weighted by atomic mass is 10.1. The van der Waals surface area contributed by atoms with Crippen LogP contribution in [0.25, 0.3) is 0 Å². The van der Waals surface area contributed by atoms with Gasteiger partial charge in [0.25, 0.3) is 0 Å². The summed E-state index contributed by atoms with van der Waals surface area (Å²) >= 11 is 0. The molecule has 0 saturated carbocycles. The molecule has 1 heterocycles. The van der Waals surface area contributed by atoms with E-state index in [9.17, 15) is 9.18 Å². The van der Waals surface area contributed by atoms with E-state index in [1.165, 1.54) is 12.1 Å². The summed E-state index contributed by atoms with van der Waals surface area (Å²) in [5.74, 6) is -1.67. The normalized spacial score (nSPS) is 16.8. The van der Waals surface area contributed by atoms with Crippen molar-refractivity contribution in [3.05, 3.63) is 29.6 Å². The zero-order valence-corrected chi connectivity index (χ0v) is 9.28. The fourth-order valence-corrected chi connectivity index (χ4v) is 1.88. The minimum Gasteiger partial charge on any atom is -0.478 e. The van der Waals surface area contributed by atoms with E-state index in [0.29, 0.717) is 18.9 Å². The molecule has 0 amide bonds. The third-order valence-electron chi connectivity index (χ3n) is 2.79. The van der Waals surface area contributed by atoms with Gasteiger partial charge in [-0.15, -0.1) is 0 Å². The third-order valence-corrected chi connectivity index (χ3v) is 2.79. The SMILES string of the molecule is O=C(O)c1cc(F)ccc1NC1CCOCC1. The van der Waals surface area contributed by atoms with Gasteiger partial charge in [-0.2, -0.15) is 0 Å². The van der Waals surface area contributed by atoms with Gasteiger partial charge in [0.15, 0.2) is 0 Å². The van der Waals surface area contributed by atoms with Crippen LogP contribution in [-0.2, 0) is 4.74 Å². The number of carboxylic acid groups (broad SMARTS) is 1. The Hall–Kier alpha value is -1.62. The fraction of sp³-hybridized carbons (Fsp3) is 0.417. The number of rotatable bonds is 3. The molecule has 0 aliphatic carbocycles. The number of aromatic carboxylic acids is 1. The van der Waals surface area contributed by atoms with Crippen molar-refractivity contribution in [2.24, 2.45) is 0 Å². The standard InChI is InChI=1S/C12H14FNO3/c13-8-1-2-11(10(7-8)12(15)16)14-9-3-5-17-6-4-9/h1-2,7,9,14H,3-6H2,(H,15,16). The molecule has 1 aliphatic rings. The zero-order chi connectivity index (χ0) is 12.3. The fourth-order valence-electron chi connectivity index (χ4n) is 1.88. The molecule has 0 aromatic heterocycles. The first-order valence-electron chi connectivity index (χ1n) is 5.54. The minimum absolute atomic E-state index is 0.0310. The molecule has 0 bridgehead atoms. The van der Waals surface area contributed by atoms with Gasteiger partial charge in [0.2, 0.25) is 0 Å². The molecule has 0 spiro atoms. The molecule has 2 rings (SSSR count). The molecule has 1 saturated heterocycles. The Kier molecular flexibility index (Phi) is 3.58. The van der Waals surface area contributed by atoms with Crippen LogP contribution in [0.2, 0.25) is 0 Å². The van der Waals surface area contributed by atoms with Crippen LogP contribution in [0, 0.1) is 5.82 Å². The second kappa shape index (κ2) is 5.14. The second-order valence-corrected chi connectivity index (χ2v) is 4.03. The Bertz CT molecular complexity index is 416. The largest absolute Gasteiger partial charge is 0.478 e. The van der Waals surface area contributed by atoms with Gasteiger partial charge in [-0.25, -0.2) is 9.18 Å². The summed E-state index contributed by atoms with van der Waals surface area (Å²) in [4.78, 5) is 11.0. The minimum atomic E-state index is -1.13. The van der Waals surface area contributed by atoms with Crippen molar-refractivity contribution in [2.45, 2.75) is 18.9 Å². The molecule has 17 heavy (non-hydrogen) atoms. The molecule has 1 fully saturated rings. The topological polar surface area (TPSA) is 58.6 Å². The lowest BCUT2D eigenvalue weighted by molar-refractivity contribution is 0.0697. The van der Waals surface area contributed by atoms with Gasteiger partial charge in [0, 0.05) is 24.9 Å². The maximum Gasteiger partial charge on any atom is 0.337 e. The predicted molar refractivity (Wildman–Crippen MR) is 60.8 cm³/mol. The Morgan fingerprint density at radius 3 is 2.76 bits per heavy atom. The van der Waals surface area contributed by atoms with Crippen molar-refractivity contribution in [2.75, 3.05) is 18.5 Å². The number of halogens is 1. The second-order valence-electron chi connectivity index (χ2n) is 4.03. The number of benzene rings is 1. The average molecular weight is 239 g/mol. The molecule has 0 atom stereocenters. The van der Waals surface area contributed by atoms with Crippen LogP contribution in [0.5, 0.6) is 0 Å². The zero-order valence-electron chi connectivity index (χ0n) is 9.28. The first-order chi connectivity index (χ1) is 8.16. The molecular formula is C12H14FNO3. The van der Waals surface area contributed by atoms with Crippen LogP contribution in [-0.4, -0.2) is 30.3 Å². The van der Waals surface area contributed by atoms with Crippen molar-refractivity contribution in [1.82, 2.24) is 0 Å². The van der Waals surface area contributed by atoms with Crippen molar-refractivity contribution in [3.63, 3.8) is 0 Å². The van der Waals surface area contributed by atoms with E-state index >= 15 is 0 Å². The summed E-state index contributed by atoms with van der Waals surface area (Å²) in [6.07, 6.45) is 1.66. The van der Waals surface area contributed by atoms with E-state index in [4.69, 9.17) is 9.84 Å². The Balaban J connectivity index is 2.16. The number of hydrogen-bond acceptors (Lipinski definition) is 3. The molecule has 1 aromatic rings. The molecule has 1 aliphatic heterocycles. The van der Waals surface area contributed by atoms with E-state index in [1.54, 1.807) is 0 Å². The van der Waals surface area contributed by atoms with E-state index in [0.717, 1.165) is 18.9 Å². The summed E-state index contributed by atoms with van der Waals surface area (Å²) < 4.78 is 18.2. The highest BCUT2D eigenvalue weighted by Gasteiger charge is 2.17. The lowest BCUT2D eigenvalue weighted by Crippen LogP contribution is -2.28. The van der Waals surface area contributed by atoms with Crippen LogP contribution < -0.4 is 5.32 Å². The van der Waals surface area contributed by atoms with Gasteiger partial charge in [-0.05, 0) is 31.0 Å². The number of ether oxygens (including phenoxy) is 1. The first-order valence-corrected chi connectivity index (χ1v) is 5.54. The van der Waals surface area contributed by atoms with Gasteiger partial charge in [-0.1, -0.05) is 0 Å². The summed E-state index contributed by atoms with van der Waals surface area (Å²) in [5, 5.41) is 12.1. The number of hydrogen-bond donors (Lipinski definition) is 2. The number of carboxylic acids is 1. The molecule has 0 unspecified atom stereocenters. The van der Waals surface area contributed by atoms with Crippen LogP contribution in [0.4, 0.5) is 10.1 Å². The molecule has 4 nitrogen and oxygen atoms in total. The maximum atomic E-state index is 13.0. The number of anilines is 1. The maximum absolute atomic E-state index is 13.0. The molecule has 0 radical (unpaired) electrons. The van der Waals surface area contributed by atoms with E-state index in [-0.39, 0.29) is 11.6 Å². The predicted octanol–water partition coefficient (Wildman–Crippen LogP) is 2.11. The lowest BCUT2D eigenvalue weighted by Gasteiger charge is -2.24. The Labute approximate surface area is 98.4 Å². The van der Waals surface area contributed by atoms with Crippen molar-refractivity contribution in [3.8, 4) is 0 Å². The monoisotopic (exact) mass is 239 g/mol. The van der Waals surface area contributed by atoms with Gasteiger partial charge >= 0.3 is 5.97 Å². The summed E-state index contributed by atoms with van der Waals surface area (Å²) in [6.45, 7) is 1.34. The highest BCUT2D eigenvalue weighted by atomic mass is 19.1. The average Bonchev–Trinajstić information content (AvgIpc) is 2.32. The quantitative estimate of drug-likeness (QED) is 0.848. The summed E-state index contributed by atoms with van der Waals surface area (Å²) in [5.41, 5.74) is 0.433. The molecule has 5 heteroatoms. The first kappa shape index (κ1) is 11.9. The van der Waals surface area contributed by atoms with E-state index in [2.05, 4.69) is 5.32 Å². The third kappa shape index (κ3) is 2.94. The molecule has 1 aromatic carbocycles. The highest BCUT2D eigenvalue weighted by Crippen LogP contribution is 2.20. The van der Waals surface area contributed by atoms with Crippen LogP contribution in [0.1, 0.15) is 23.2 Å². The van der Waals surface area contributed by atoms with Crippen LogP contribution >= 0.6 is 0 Å². The highest BCUT2D eigenvalue weighted by molar-refractivity contribution is 5.94. The molecular weight excluding hydrogens is 225 g/mol. The van der Waals surface area contributed by atoms with Gasteiger partial charge in [0.05, 0.1) is 5.56 Å². The Morgan fingerprint density at radius 2 is 2.12 bits per heavy atom. The molecule has 2 N–H and O–H groups in total. The number of carbonyl (C=O) groups is 1. The Morgan fingerprint density at radius 1 is 1.41 bits per heavy atom. The van der Waals surface area contributed by atoms with Crippen molar-refractivity contribution in [1.29, 1.82) is 0 Å². The van der Waals surface area contributed by atoms with Crippen LogP contribution in [0.15, 0.2) is 18.2 Å². The van der Waals surface area contributed by atoms with Crippen LogP contribution in [0.3, 0.4) is 0 Å². The van der Waals surface area contributed by atoms with Gasteiger partial charge in [-0.3, -0.25) is 0 Å². The summed E-state index contributed by atoms with van der Waals surface area (Å²) in [7, 11) is 0. The van der Waals surface area contributed by atoms with Gasteiger partial charge < -0.3 is 15.2 Å².